The molecule has 1 atom stereocenters. The van der Waals surface area contributed by atoms with Crippen LogP contribution in [0.5, 0.6) is 0 Å². The molecule has 0 saturated carbocycles. The predicted octanol–water partition coefficient (Wildman–Crippen LogP) is 4.00. The number of nitrogens with two attached hydrogens (primary N) is 1. The standard InChI is InChI=1S/C14H14ClN.ClH/c15-13-8-6-11(7-9-13)10-14(16)12-4-2-1-3-5-12;/h1-9,14H,10,16H2;1H. The Morgan fingerprint density at radius 1 is 0.941 bits per heavy atom. The second-order valence-electron chi connectivity index (χ2n) is 3.85. The minimum absolute atomic E-state index is 0. The van der Waals surface area contributed by atoms with Gasteiger partial charge in [0.1, 0.15) is 0 Å². The molecule has 0 bridgehead atoms. The second kappa shape index (κ2) is 6.65. The smallest absolute Gasteiger partial charge is 0.0406 e. The Morgan fingerprint density at radius 2 is 1.53 bits per heavy atom. The first-order chi connectivity index (χ1) is 7.75. The number of rotatable bonds is 3. The van der Waals surface area contributed by atoms with Crippen molar-refractivity contribution in [3.8, 4) is 0 Å². The Kier molecular flexibility index (Phi) is 5.49. The van der Waals surface area contributed by atoms with Crippen LogP contribution in [0.15, 0.2) is 54.6 Å². The molecule has 0 spiro atoms. The predicted molar refractivity (Wildman–Crippen MR) is 75.8 cm³/mol. The van der Waals surface area contributed by atoms with Crippen LogP contribution in [0.25, 0.3) is 0 Å². The average molecular weight is 268 g/mol. The van der Waals surface area contributed by atoms with E-state index in [-0.39, 0.29) is 18.4 Å². The molecule has 0 fully saturated rings. The molecule has 2 aromatic carbocycles. The van der Waals surface area contributed by atoms with Gasteiger partial charge in [0.25, 0.3) is 0 Å². The Balaban J connectivity index is 0.00000144. The zero-order chi connectivity index (χ0) is 11.4. The third-order valence-corrected chi connectivity index (χ3v) is 2.85. The molecule has 0 saturated heterocycles. The zero-order valence-corrected chi connectivity index (χ0v) is 10.9. The molecular formula is C14H15Cl2N. The molecule has 3 heteroatoms. The summed E-state index contributed by atoms with van der Waals surface area (Å²) in [6.07, 6.45) is 0.835. The third-order valence-electron chi connectivity index (χ3n) is 2.60. The summed E-state index contributed by atoms with van der Waals surface area (Å²) in [6, 6.07) is 18.0. The van der Waals surface area contributed by atoms with Crippen molar-refractivity contribution in [3.05, 3.63) is 70.7 Å². The maximum Gasteiger partial charge on any atom is 0.0406 e. The van der Waals surface area contributed by atoms with Crippen molar-refractivity contribution in [1.82, 2.24) is 0 Å². The van der Waals surface area contributed by atoms with E-state index in [9.17, 15) is 0 Å². The number of hydrogen-bond acceptors (Lipinski definition) is 1. The average Bonchev–Trinajstić information content (AvgIpc) is 2.33. The van der Waals surface area contributed by atoms with E-state index >= 15 is 0 Å². The SMILES string of the molecule is Cl.NC(Cc1ccc(Cl)cc1)c1ccccc1. The lowest BCUT2D eigenvalue weighted by Crippen LogP contribution is -2.12. The van der Waals surface area contributed by atoms with Gasteiger partial charge in [0.2, 0.25) is 0 Å². The molecule has 0 aliphatic carbocycles. The van der Waals surface area contributed by atoms with Crippen molar-refractivity contribution < 1.29 is 0 Å². The Bertz CT molecular complexity index is 440. The molecule has 2 rings (SSSR count). The van der Waals surface area contributed by atoms with Crippen molar-refractivity contribution >= 4 is 24.0 Å². The number of benzene rings is 2. The van der Waals surface area contributed by atoms with Gasteiger partial charge in [0.15, 0.2) is 0 Å². The maximum absolute atomic E-state index is 6.13. The molecule has 0 aromatic heterocycles. The van der Waals surface area contributed by atoms with Crippen LogP contribution in [0.4, 0.5) is 0 Å². The highest BCUT2D eigenvalue weighted by Gasteiger charge is 2.05. The zero-order valence-electron chi connectivity index (χ0n) is 9.34. The highest BCUT2D eigenvalue weighted by atomic mass is 35.5. The molecular weight excluding hydrogens is 253 g/mol. The molecule has 1 unspecified atom stereocenters. The lowest BCUT2D eigenvalue weighted by molar-refractivity contribution is 0.722. The number of halogens is 2. The molecule has 0 aliphatic heterocycles. The van der Waals surface area contributed by atoms with Crippen LogP contribution in [0, 0.1) is 0 Å². The number of hydrogen-bond donors (Lipinski definition) is 1. The Labute approximate surface area is 113 Å². The highest BCUT2D eigenvalue weighted by molar-refractivity contribution is 6.30. The van der Waals surface area contributed by atoms with Crippen molar-refractivity contribution in [2.24, 2.45) is 5.73 Å². The lowest BCUT2D eigenvalue weighted by Gasteiger charge is -2.11. The maximum atomic E-state index is 6.13. The van der Waals surface area contributed by atoms with Gasteiger partial charge in [-0.3, -0.25) is 0 Å². The van der Waals surface area contributed by atoms with Crippen LogP contribution in [0.1, 0.15) is 17.2 Å². The van der Waals surface area contributed by atoms with Crippen LogP contribution in [-0.4, -0.2) is 0 Å². The summed E-state index contributed by atoms with van der Waals surface area (Å²) in [7, 11) is 0. The van der Waals surface area contributed by atoms with Gasteiger partial charge >= 0.3 is 0 Å². The van der Waals surface area contributed by atoms with E-state index in [1.807, 2.05) is 42.5 Å². The molecule has 90 valence electrons. The molecule has 0 heterocycles. The largest absolute Gasteiger partial charge is 0.324 e. The van der Waals surface area contributed by atoms with E-state index in [1.54, 1.807) is 0 Å². The molecule has 0 radical (unpaired) electrons. The van der Waals surface area contributed by atoms with Gasteiger partial charge < -0.3 is 5.73 Å². The molecule has 2 N–H and O–H groups in total. The van der Waals surface area contributed by atoms with E-state index in [4.69, 9.17) is 17.3 Å². The van der Waals surface area contributed by atoms with Gasteiger partial charge in [0.05, 0.1) is 0 Å². The fourth-order valence-electron chi connectivity index (χ4n) is 1.69. The summed E-state index contributed by atoms with van der Waals surface area (Å²) in [5.74, 6) is 0. The van der Waals surface area contributed by atoms with Gasteiger partial charge in [-0.1, -0.05) is 54.1 Å². The summed E-state index contributed by atoms with van der Waals surface area (Å²) in [6.45, 7) is 0. The van der Waals surface area contributed by atoms with Crippen LogP contribution in [0.2, 0.25) is 5.02 Å². The van der Waals surface area contributed by atoms with Gasteiger partial charge in [-0.2, -0.15) is 0 Å². The monoisotopic (exact) mass is 267 g/mol. The van der Waals surface area contributed by atoms with E-state index in [0.717, 1.165) is 17.0 Å². The topological polar surface area (TPSA) is 26.0 Å². The van der Waals surface area contributed by atoms with Crippen LogP contribution < -0.4 is 5.73 Å². The van der Waals surface area contributed by atoms with Crippen molar-refractivity contribution in [3.63, 3.8) is 0 Å². The van der Waals surface area contributed by atoms with Crippen LogP contribution >= 0.6 is 24.0 Å². The summed E-state index contributed by atoms with van der Waals surface area (Å²) < 4.78 is 0. The first-order valence-corrected chi connectivity index (χ1v) is 5.68. The molecule has 0 aliphatic rings. The fraction of sp³-hybridized carbons (Fsp3) is 0.143. The Hall–Kier alpha value is -1.02. The molecule has 17 heavy (non-hydrogen) atoms. The second-order valence-corrected chi connectivity index (χ2v) is 4.28. The van der Waals surface area contributed by atoms with Crippen molar-refractivity contribution in [2.75, 3.05) is 0 Å². The van der Waals surface area contributed by atoms with Crippen LogP contribution in [-0.2, 0) is 6.42 Å². The molecule has 2 aromatic rings. The van der Waals surface area contributed by atoms with E-state index in [1.165, 1.54) is 5.56 Å². The van der Waals surface area contributed by atoms with Crippen molar-refractivity contribution in [1.29, 1.82) is 0 Å². The van der Waals surface area contributed by atoms with Gasteiger partial charge in [-0.15, -0.1) is 12.4 Å². The summed E-state index contributed by atoms with van der Waals surface area (Å²) in [5, 5.41) is 0.761. The lowest BCUT2D eigenvalue weighted by atomic mass is 10.00. The third kappa shape index (κ3) is 4.04. The summed E-state index contributed by atoms with van der Waals surface area (Å²) in [4.78, 5) is 0. The summed E-state index contributed by atoms with van der Waals surface area (Å²) in [5.41, 5.74) is 8.51. The van der Waals surface area contributed by atoms with Crippen LogP contribution in [0.3, 0.4) is 0 Å². The first kappa shape index (κ1) is 14.0. The summed E-state index contributed by atoms with van der Waals surface area (Å²) >= 11 is 5.83. The Morgan fingerprint density at radius 3 is 2.12 bits per heavy atom. The highest BCUT2D eigenvalue weighted by Crippen LogP contribution is 2.17. The van der Waals surface area contributed by atoms with Gasteiger partial charge in [-0.05, 0) is 29.7 Å². The van der Waals surface area contributed by atoms with E-state index < -0.39 is 0 Å². The fourth-order valence-corrected chi connectivity index (χ4v) is 1.82. The minimum atomic E-state index is 0. The van der Waals surface area contributed by atoms with Crippen molar-refractivity contribution in [2.45, 2.75) is 12.5 Å². The quantitative estimate of drug-likeness (QED) is 0.894. The van der Waals surface area contributed by atoms with E-state index in [2.05, 4.69) is 12.1 Å². The minimum Gasteiger partial charge on any atom is -0.324 e. The van der Waals surface area contributed by atoms with Gasteiger partial charge in [0, 0.05) is 11.1 Å². The molecule has 0 amide bonds. The first-order valence-electron chi connectivity index (χ1n) is 5.30. The normalized spacial score (nSPS) is 11.6. The van der Waals surface area contributed by atoms with Gasteiger partial charge in [-0.25, -0.2) is 0 Å². The van der Waals surface area contributed by atoms with E-state index in [0.29, 0.717) is 0 Å². The molecule has 1 nitrogen and oxygen atoms in total.